The SMILES string of the molecule is Cc1nc([C@H]2COCCN2C(=O)CC2=CCCCC2)cs1. The normalized spacial score (nSPS) is 23.0. The second kappa shape index (κ2) is 6.71. The smallest absolute Gasteiger partial charge is 0.227 e. The number of allylic oxidation sites excluding steroid dienone is 1. The number of aromatic nitrogens is 1. The Morgan fingerprint density at radius 1 is 1.52 bits per heavy atom. The van der Waals surface area contributed by atoms with Gasteiger partial charge in [-0.15, -0.1) is 11.3 Å². The van der Waals surface area contributed by atoms with Crippen LogP contribution in [0.15, 0.2) is 17.0 Å². The molecule has 21 heavy (non-hydrogen) atoms. The van der Waals surface area contributed by atoms with E-state index in [2.05, 4.69) is 16.4 Å². The first-order valence-corrected chi connectivity index (χ1v) is 8.59. The van der Waals surface area contributed by atoms with Crippen molar-refractivity contribution < 1.29 is 9.53 Å². The Balaban J connectivity index is 1.71. The van der Waals surface area contributed by atoms with Crippen LogP contribution in [-0.4, -0.2) is 35.5 Å². The van der Waals surface area contributed by atoms with Gasteiger partial charge in [-0.2, -0.15) is 0 Å². The van der Waals surface area contributed by atoms with E-state index < -0.39 is 0 Å². The number of carbonyl (C=O) groups excluding carboxylic acids is 1. The molecule has 0 aromatic carbocycles. The van der Waals surface area contributed by atoms with Gasteiger partial charge in [0.05, 0.1) is 30.0 Å². The van der Waals surface area contributed by atoms with Crippen LogP contribution in [0, 0.1) is 6.92 Å². The molecule has 114 valence electrons. The van der Waals surface area contributed by atoms with Crippen LogP contribution >= 0.6 is 11.3 Å². The standard InChI is InChI=1S/C16H22N2O2S/c1-12-17-14(11-21-12)15-10-20-8-7-18(15)16(19)9-13-5-3-2-4-6-13/h5,11,15H,2-4,6-10H2,1H3/t15-/m1/s1. The van der Waals surface area contributed by atoms with E-state index in [-0.39, 0.29) is 11.9 Å². The number of nitrogens with zero attached hydrogens (tertiary/aromatic N) is 2. The van der Waals surface area contributed by atoms with E-state index in [9.17, 15) is 4.79 Å². The summed E-state index contributed by atoms with van der Waals surface area (Å²) >= 11 is 1.63. The highest BCUT2D eigenvalue weighted by molar-refractivity contribution is 7.09. The van der Waals surface area contributed by atoms with Crippen LogP contribution in [0.2, 0.25) is 0 Å². The Hall–Kier alpha value is -1.20. The summed E-state index contributed by atoms with van der Waals surface area (Å²) in [6, 6.07) is -0.0135. The summed E-state index contributed by atoms with van der Waals surface area (Å²) in [6.45, 7) is 3.86. The van der Waals surface area contributed by atoms with Crippen molar-refractivity contribution in [3.63, 3.8) is 0 Å². The molecule has 1 saturated heterocycles. The lowest BCUT2D eigenvalue weighted by molar-refractivity contribution is -0.139. The van der Waals surface area contributed by atoms with Gasteiger partial charge in [-0.1, -0.05) is 11.6 Å². The lowest BCUT2D eigenvalue weighted by Gasteiger charge is -2.35. The zero-order valence-electron chi connectivity index (χ0n) is 12.5. The summed E-state index contributed by atoms with van der Waals surface area (Å²) in [4.78, 5) is 19.2. The van der Waals surface area contributed by atoms with Crippen LogP contribution in [0.4, 0.5) is 0 Å². The summed E-state index contributed by atoms with van der Waals surface area (Å²) < 4.78 is 5.57. The number of amides is 1. The Bertz CT molecular complexity index is 538. The fourth-order valence-corrected chi connectivity index (χ4v) is 3.70. The predicted octanol–water partition coefficient (Wildman–Crippen LogP) is 3.24. The zero-order valence-corrected chi connectivity index (χ0v) is 13.3. The van der Waals surface area contributed by atoms with Gasteiger partial charge in [0.2, 0.25) is 5.91 Å². The van der Waals surface area contributed by atoms with Crippen molar-refractivity contribution in [2.75, 3.05) is 19.8 Å². The summed E-state index contributed by atoms with van der Waals surface area (Å²) in [7, 11) is 0. The minimum atomic E-state index is -0.0135. The zero-order chi connectivity index (χ0) is 14.7. The molecule has 0 spiro atoms. The van der Waals surface area contributed by atoms with Gasteiger partial charge in [0, 0.05) is 18.3 Å². The number of hydrogen-bond donors (Lipinski definition) is 0. The van der Waals surface area contributed by atoms with Gasteiger partial charge in [0.15, 0.2) is 0 Å². The van der Waals surface area contributed by atoms with Crippen LogP contribution in [0.3, 0.4) is 0 Å². The predicted molar refractivity (Wildman–Crippen MR) is 83.3 cm³/mol. The number of aryl methyl sites for hydroxylation is 1. The molecule has 2 aliphatic rings. The molecule has 0 saturated carbocycles. The Morgan fingerprint density at radius 2 is 2.43 bits per heavy atom. The molecule has 0 radical (unpaired) electrons. The quantitative estimate of drug-likeness (QED) is 0.805. The molecule has 3 rings (SSSR count). The lowest BCUT2D eigenvalue weighted by Crippen LogP contribution is -2.43. The first-order valence-electron chi connectivity index (χ1n) is 7.71. The molecule has 1 aliphatic heterocycles. The molecule has 1 atom stereocenters. The highest BCUT2D eigenvalue weighted by atomic mass is 32.1. The van der Waals surface area contributed by atoms with Crippen molar-refractivity contribution in [1.29, 1.82) is 0 Å². The highest BCUT2D eigenvalue weighted by Gasteiger charge is 2.30. The second-order valence-electron chi connectivity index (χ2n) is 5.75. The minimum absolute atomic E-state index is 0.0135. The van der Waals surface area contributed by atoms with Gasteiger partial charge >= 0.3 is 0 Å². The minimum Gasteiger partial charge on any atom is -0.377 e. The fraction of sp³-hybridized carbons (Fsp3) is 0.625. The van der Waals surface area contributed by atoms with E-state index in [0.717, 1.165) is 23.5 Å². The summed E-state index contributed by atoms with van der Waals surface area (Å²) in [6.07, 6.45) is 7.51. The number of thiazole rings is 1. The van der Waals surface area contributed by atoms with Crippen LogP contribution in [0.1, 0.15) is 48.8 Å². The van der Waals surface area contributed by atoms with Crippen LogP contribution in [-0.2, 0) is 9.53 Å². The van der Waals surface area contributed by atoms with Crippen LogP contribution in [0.25, 0.3) is 0 Å². The number of hydrogen-bond acceptors (Lipinski definition) is 4. The Morgan fingerprint density at radius 3 is 3.14 bits per heavy atom. The van der Waals surface area contributed by atoms with Crippen LogP contribution < -0.4 is 0 Å². The number of rotatable bonds is 3. The van der Waals surface area contributed by atoms with Gasteiger partial charge < -0.3 is 9.64 Å². The Kier molecular flexibility index (Phi) is 4.70. The first-order chi connectivity index (χ1) is 10.2. The van der Waals surface area contributed by atoms with E-state index in [1.54, 1.807) is 11.3 Å². The lowest BCUT2D eigenvalue weighted by atomic mass is 9.96. The largest absolute Gasteiger partial charge is 0.377 e. The molecule has 1 aliphatic carbocycles. The molecular weight excluding hydrogens is 284 g/mol. The average Bonchev–Trinajstić information content (AvgIpc) is 2.95. The maximum absolute atomic E-state index is 12.7. The van der Waals surface area contributed by atoms with E-state index in [0.29, 0.717) is 26.2 Å². The van der Waals surface area contributed by atoms with E-state index >= 15 is 0 Å². The van der Waals surface area contributed by atoms with Gasteiger partial charge in [0.25, 0.3) is 0 Å². The van der Waals surface area contributed by atoms with Crippen molar-refractivity contribution in [2.24, 2.45) is 0 Å². The Labute approximate surface area is 129 Å². The van der Waals surface area contributed by atoms with Crippen molar-refractivity contribution in [2.45, 2.75) is 45.1 Å². The fourth-order valence-electron chi connectivity index (χ4n) is 3.04. The molecule has 1 aromatic heterocycles. The summed E-state index contributed by atoms with van der Waals surface area (Å²) in [5.41, 5.74) is 2.29. The summed E-state index contributed by atoms with van der Waals surface area (Å²) in [5, 5.41) is 3.09. The van der Waals surface area contributed by atoms with E-state index in [4.69, 9.17) is 4.74 Å². The summed E-state index contributed by atoms with van der Waals surface area (Å²) in [5.74, 6) is 0.224. The molecule has 0 unspecified atom stereocenters. The van der Waals surface area contributed by atoms with E-state index in [1.165, 1.54) is 18.4 Å². The maximum Gasteiger partial charge on any atom is 0.227 e. The van der Waals surface area contributed by atoms with Crippen molar-refractivity contribution in [3.8, 4) is 0 Å². The van der Waals surface area contributed by atoms with Gasteiger partial charge in [0.1, 0.15) is 0 Å². The molecule has 4 nitrogen and oxygen atoms in total. The van der Waals surface area contributed by atoms with Crippen molar-refractivity contribution in [1.82, 2.24) is 9.88 Å². The molecule has 5 heteroatoms. The third-order valence-corrected chi connectivity index (χ3v) is 4.98. The molecular formula is C16H22N2O2S. The number of morpholine rings is 1. The van der Waals surface area contributed by atoms with Gasteiger partial charge in [-0.25, -0.2) is 4.98 Å². The maximum atomic E-state index is 12.7. The number of ether oxygens (including phenoxy) is 1. The first kappa shape index (κ1) is 14.7. The monoisotopic (exact) mass is 306 g/mol. The third-order valence-electron chi connectivity index (χ3n) is 4.19. The second-order valence-corrected chi connectivity index (χ2v) is 6.82. The van der Waals surface area contributed by atoms with Crippen molar-refractivity contribution in [3.05, 3.63) is 27.7 Å². The molecule has 1 fully saturated rings. The van der Waals surface area contributed by atoms with Crippen LogP contribution in [0.5, 0.6) is 0 Å². The van der Waals surface area contributed by atoms with Gasteiger partial charge in [-0.05, 0) is 32.6 Å². The third kappa shape index (κ3) is 3.52. The molecule has 2 heterocycles. The molecule has 0 N–H and O–H groups in total. The topological polar surface area (TPSA) is 42.4 Å². The molecule has 1 amide bonds. The van der Waals surface area contributed by atoms with Crippen molar-refractivity contribution >= 4 is 17.2 Å². The van der Waals surface area contributed by atoms with E-state index in [1.807, 2.05) is 11.8 Å². The highest BCUT2D eigenvalue weighted by Crippen LogP contribution is 2.28. The molecule has 1 aromatic rings. The number of carbonyl (C=O) groups is 1. The average molecular weight is 306 g/mol. The molecule has 0 bridgehead atoms. The van der Waals surface area contributed by atoms with Gasteiger partial charge in [-0.3, -0.25) is 4.79 Å².